The Morgan fingerprint density at radius 2 is 0.372 bits per heavy atom. The van der Waals surface area contributed by atoms with E-state index < -0.39 is 58.6 Å². The van der Waals surface area contributed by atoms with E-state index in [1.165, 1.54) is 72.8 Å². The standard InChI is InChI=1S/C83H90N18O12/c1-8-99(9-2)80(111)68-29-17-26-62(96-68)74(105)87-47-56-38-32-53(33-39-56)44-84-71(102)59-20-14-23-65(93-59)77(108)90-50-83(7,51-91-78(109)66-24-15-21-60(94-66)72(103)85-45-54-34-40-57(41-35-54)48-88-75(106)63-27-18-30-69(97-63)81(112)100(10-3)11-4)52-92-79(110)67-25-16-22-61(95-67)73(104)86-46-55-36-42-58(43-37-55)49-89-76(107)64-28-19-31-70(98-64)82(113)101(12-5)13-6/h14-43H,8-13,44-52H2,1-7H3,(H,84,102)(H,85,103)(H,86,104)(H,87,105)(H,88,106)(H,89,107)(H,90,108)(H,91,109)(H,92,110). The lowest BCUT2D eigenvalue weighted by Crippen LogP contribution is -2.50. The molecule has 0 saturated heterocycles. The van der Waals surface area contributed by atoms with Crippen LogP contribution < -0.4 is 47.9 Å². The highest BCUT2D eigenvalue weighted by Crippen LogP contribution is 2.18. The number of aromatic nitrogens is 6. The fraction of sp³-hybridized carbons (Fsp3) is 0.277. The summed E-state index contributed by atoms with van der Waals surface area (Å²) in [5.74, 6) is -6.05. The van der Waals surface area contributed by atoms with E-state index in [1.54, 1.807) is 131 Å². The molecule has 6 aromatic heterocycles. The number of nitrogens with one attached hydrogen (secondary N) is 9. The third kappa shape index (κ3) is 23.6. The average molecular weight is 1530 g/mol. The molecule has 9 N–H and O–H groups in total. The van der Waals surface area contributed by atoms with E-state index >= 15 is 0 Å². The molecule has 30 heteroatoms. The first-order valence-corrected chi connectivity index (χ1v) is 37.0. The van der Waals surface area contributed by atoms with Crippen LogP contribution in [0.5, 0.6) is 0 Å². The van der Waals surface area contributed by atoms with Crippen LogP contribution in [0.1, 0.15) is 208 Å². The van der Waals surface area contributed by atoms with Crippen LogP contribution in [0.3, 0.4) is 0 Å². The van der Waals surface area contributed by atoms with Gasteiger partial charge in [0.2, 0.25) is 0 Å². The number of benzene rings is 3. The maximum atomic E-state index is 14.0. The molecule has 12 amide bonds. The predicted octanol–water partition coefficient (Wildman–Crippen LogP) is 6.68. The van der Waals surface area contributed by atoms with Crippen molar-refractivity contribution in [3.05, 3.63) is 284 Å². The summed E-state index contributed by atoms with van der Waals surface area (Å²) in [7, 11) is 0. The molecule has 584 valence electrons. The molecular formula is C83H90N18O12. The van der Waals surface area contributed by atoms with Crippen LogP contribution in [-0.2, 0) is 39.3 Å². The number of pyridine rings is 6. The van der Waals surface area contributed by atoms with E-state index in [1.807, 2.05) is 41.5 Å². The Labute approximate surface area is 653 Å². The van der Waals surface area contributed by atoms with Gasteiger partial charge in [0.05, 0.1) is 0 Å². The van der Waals surface area contributed by atoms with E-state index in [0.717, 1.165) is 33.4 Å². The molecule has 0 aliphatic rings. The van der Waals surface area contributed by atoms with Crippen molar-refractivity contribution in [2.24, 2.45) is 5.41 Å². The zero-order chi connectivity index (χ0) is 81.0. The van der Waals surface area contributed by atoms with Gasteiger partial charge in [-0.2, -0.15) is 0 Å². The van der Waals surface area contributed by atoms with E-state index in [-0.39, 0.29) is 145 Å². The van der Waals surface area contributed by atoms with Crippen molar-refractivity contribution in [3.63, 3.8) is 0 Å². The highest BCUT2D eigenvalue weighted by molar-refractivity contribution is 6.01. The third-order valence-electron chi connectivity index (χ3n) is 18.2. The summed E-state index contributed by atoms with van der Waals surface area (Å²) in [6, 6.07) is 48.5. The first-order chi connectivity index (χ1) is 54.5. The molecular weight excluding hydrogens is 1440 g/mol. The SMILES string of the molecule is CCN(CC)C(=O)c1cccc(C(=O)NCc2ccc(CNC(=O)c3cccc(C(=O)NCC(C)(CNC(=O)c4cccc(C(=O)NCc5ccc(CNC(=O)c6cccc(C(=O)N(CC)CC)n6)cc5)n4)CNC(=O)c4cccc(C(=O)NCc5ccc(CNC(=O)c6cccc(C(=O)N(CC)CC)n6)cc5)n4)n3)cc2)n1. The van der Waals surface area contributed by atoms with Crippen LogP contribution in [0.25, 0.3) is 0 Å². The van der Waals surface area contributed by atoms with Crippen molar-refractivity contribution in [2.75, 3.05) is 58.9 Å². The van der Waals surface area contributed by atoms with Gasteiger partial charge in [-0.25, -0.2) is 29.9 Å². The zero-order valence-corrected chi connectivity index (χ0v) is 63.9. The number of hydrogen-bond donors (Lipinski definition) is 9. The van der Waals surface area contributed by atoms with Gasteiger partial charge in [0, 0.05) is 104 Å². The minimum absolute atomic E-state index is 0.0718. The van der Waals surface area contributed by atoms with Gasteiger partial charge < -0.3 is 62.6 Å². The first-order valence-electron chi connectivity index (χ1n) is 37.0. The minimum Gasteiger partial charge on any atom is -0.350 e. The van der Waals surface area contributed by atoms with Crippen LogP contribution in [0.4, 0.5) is 0 Å². The summed E-state index contributed by atoms with van der Waals surface area (Å²) in [5.41, 5.74) is 3.44. The van der Waals surface area contributed by atoms with Crippen LogP contribution >= 0.6 is 0 Å². The summed E-state index contributed by atoms with van der Waals surface area (Å²) < 4.78 is 0. The highest BCUT2D eigenvalue weighted by atomic mass is 16.2. The molecule has 0 fully saturated rings. The maximum absolute atomic E-state index is 14.0. The molecule has 0 radical (unpaired) electrons. The number of nitrogens with zero attached hydrogens (tertiary/aromatic N) is 9. The second kappa shape index (κ2) is 40.6. The lowest BCUT2D eigenvalue weighted by atomic mass is 9.89. The molecule has 113 heavy (non-hydrogen) atoms. The fourth-order valence-corrected chi connectivity index (χ4v) is 11.4. The predicted molar refractivity (Wildman–Crippen MR) is 419 cm³/mol. The van der Waals surface area contributed by atoms with Crippen LogP contribution in [0.15, 0.2) is 182 Å². The number of hydrogen-bond acceptors (Lipinski definition) is 18. The number of carbonyl (C=O) groups excluding carboxylic acids is 12. The smallest absolute Gasteiger partial charge is 0.272 e. The minimum atomic E-state index is -1.20. The molecule has 0 aliphatic heterocycles. The molecule has 0 unspecified atom stereocenters. The van der Waals surface area contributed by atoms with Gasteiger partial charge >= 0.3 is 0 Å². The van der Waals surface area contributed by atoms with Crippen molar-refractivity contribution in [1.82, 2.24) is 92.5 Å². The summed E-state index contributed by atoms with van der Waals surface area (Å²) in [5, 5.41) is 25.4. The topological polar surface area (TPSA) is 400 Å². The van der Waals surface area contributed by atoms with E-state index in [9.17, 15) is 57.5 Å². The molecule has 0 spiro atoms. The molecule has 9 aromatic rings. The van der Waals surface area contributed by atoms with Gasteiger partial charge in [0.1, 0.15) is 68.3 Å². The molecule has 0 saturated carbocycles. The van der Waals surface area contributed by atoms with Gasteiger partial charge in [-0.3, -0.25) is 57.5 Å². The summed E-state index contributed by atoms with van der Waals surface area (Å²) in [6.45, 7) is 16.0. The zero-order valence-electron chi connectivity index (χ0n) is 63.9. The summed E-state index contributed by atoms with van der Waals surface area (Å²) in [6.07, 6.45) is 0. The normalized spacial score (nSPS) is 10.9. The van der Waals surface area contributed by atoms with Crippen molar-refractivity contribution in [3.8, 4) is 0 Å². The van der Waals surface area contributed by atoms with Crippen molar-refractivity contribution >= 4 is 70.9 Å². The Balaban J connectivity index is 0.802. The van der Waals surface area contributed by atoms with Gasteiger partial charge in [-0.05, 0) is 148 Å². The van der Waals surface area contributed by atoms with Gasteiger partial charge in [-0.15, -0.1) is 0 Å². The van der Waals surface area contributed by atoms with Crippen LogP contribution in [0, 0.1) is 5.41 Å². The summed E-state index contributed by atoms with van der Waals surface area (Å²) in [4.78, 5) is 191. The Bertz CT molecular complexity index is 4450. The quantitative estimate of drug-likeness (QED) is 0.0198. The number of carbonyl (C=O) groups is 12. The highest BCUT2D eigenvalue weighted by Gasteiger charge is 2.30. The first kappa shape index (κ1) is 83.2. The fourth-order valence-electron chi connectivity index (χ4n) is 11.4. The molecule has 9 rings (SSSR count). The second-order valence-corrected chi connectivity index (χ2v) is 26.3. The Morgan fingerprint density at radius 3 is 0.531 bits per heavy atom. The summed E-state index contributed by atoms with van der Waals surface area (Å²) >= 11 is 0. The Kier molecular flexibility index (Phi) is 29.9. The molecule has 30 nitrogen and oxygen atoms in total. The van der Waals surface area contributed by atoms with Gasteiger partial charge in [-0.1, -0.05) is 116 Å². The van der Waals surface area contributed by atoms with Crippen LogP contribution in [-0.4, -0.2) is 174 Å². The molecule has 0 aliphatic carbocycles. The Morgan fingerprint density at radius 1 is 0.230 bits per heavy atom. The van der Waals surface area contributed by atoms with Gasteiger partial charge in [0.25, 0.3) is 70.9 Å². The van der Waals surface area contributed by atoms with E-state index in [4.69, 9.17) is 0 Å². The van der Waals surface area contributed by atoms with E-state index in [2.05, 4.69) is 77.8 Å². The lowest BCUT2D eigenvalue weighted by Gasteiger charge is -2.30. The molecule has 0 atom stereocenters. The van der Waals surface area contributed by atoms with Crippen molar-refractivity contribution in [2.45, 2.75) is 87.7 Å². The van der Waals surface area contributed by atoms with E-state index in [0.29, 0.717) is 39.3 Å². The largest absolute Gasteiger partial charge is 0.350 e. The monoisotopic (exact) mass is 1530 g/mol. The average Bonchev–Trinajstić information content (AvgIpc) is 0.856. The second-order valence-electron chi connectivity index (χ2n) is 26.3. The van der Waals surface area contributed by atoms with Crippen molar-refractivity contribution in [1.29, 1.82) is 0 Å². The molecule has 6 heterocycles. The van der Waals surface area contributed by atoms with Gasteiger partial charge in [0.15, 0.2) is 0 Å². The number of rotatable bonds is 36. The van der Waals surface area contributed by atoms with Crippen molar-refractivity contribution < 1.29 is 57.5 Å². The third-order valence-corrected chi connectivity index (χ3v) is 18.2. The van der Waals surface area contributed by atoms with Crippen LogP contribution in [0.2, 0.25) is 0 Å². The maximum Gasteiger partial charge on any atom is 0.272 e. The molecule has 3 aromatic carbocycles. The molecule has 0 bridgehead atoms. The number of amides is 12. The Hall–Kier alpha value is -13.8. The lowest BCUT2D eigenvalue weighted by molar-refractivity contribution is 0.0758.